The summed E-state index contributed by atoms with van der Waals surface area (Å²) in [4.78, 5) is 23.7. The molecule has 8 nitrogen and oxygen atoms in total. The van der Waals surface area contributed by atoms with Crippen molar-refractivity contribution in [2.24, 2.45) is 10.8 Å². The molecule has 1 aromatic heterocycles. The molecule has 0 saturated heterocycles. The Morgan fingerprint density at radius 1 is 1.07 bits per heavy atom. The molecule has 1 aliphatic rings. The Hall–Kier alpha value is -2.68. The lowest BCUT2D eigenvalue weighted by Gasteiger charge is -2.21. The first-order valence-electron chi connectivity index (χ1n) is 9.08. The molecule has 0 aliphatic heterocycles. The molecule has 9 heteroatoms. The highest BCUT2D eigenvalue weighted by Gasteiger charge is 2.34. The number of hydrazone groups is 1. The normalized spacial score (nSPS) is 14.9. The zero-order valence-corrected chi connectivity index (χ0v) is 16.9. The lowest BCUT2D eigenvalue weighted by Crippen LogP contribution is -2.38. The molecule has 1 fully saturated rings. The molecular weight excluding hydrogens is 382 g/mol. The molecule has 150 valence electrons. The number of carbonyl (C=O) groups excluding carboxylic acids is 1. The molecule has 0 atom stereocenters. The first kappa shape index (κ1) is 20.1. The molecule has 3 rings (SSSR count). The molecule has 1 heterocycles. The van der Waals surface area contributed by atoms with Gasteiger partial charge < -0.3 is 10.2 Å². The van der Waals surface area contributed by atoms with Gasteiger partial charge in [-0.3, -0.25) is 0 Å². The van der Waals surface area contributed by atoms with E-state index in [4.69, 9.17) is 10.2 Å². The summed E-state index contributed by atoms with van der Waals surface area (Å²) in [7, 11) is -4.47. The average Bonchev–Trinajstić information content (AvgIpc) is 2.58. The van der Waals surface area contributed by atoms with Crippen LogP contribution in [0.4, 0.5) is 4.79 Å². The minimum Gasteiger partial charge on any atom is -0.421 e. The van der Waals surface area contributed by atoms with Crippen molar-refractivity contribution < 1.29 is 17.6 Å². The van der Waals surface area contributed by atoms with Crippen molar-refractivity contribution in [2.75, 3.05) is 0 Å². The summed E-state index contributed by atoms with van der Waals surface area (Å²) in [6.07, 6.45) is 4.02. The van der Waals surface area contributed by atoms with E-state index in [2.05, 4.69) is 5.10 Å². The van der Waals surface area contributed by atoms with Gasteiger partial charge in [0.15, 0.2) is 5.58 Å². The Balaban J connectivity index is 2.29. The lowest BCUT2D eigenvalue weighted by atomic mass is 9.99. The Bertz CT molecular complexity index is 1140. The monoisotopic (exact) mass is 405 g/mol. The predicted molar refractivity (Wildman–Crippen MR) is 106 cm³/mol. The molecule has 2 amide bonds. The molecule has 28 heavy (non-hydrogen) atoms. The van der Waals surface area contributed by atoms with Crippen LogP contribution < -0.4 is 11.4 Å². The fourth-order valence-electron chi connectivity index (χ4n) is 3.72. The summed E-state index contributed by atoms with van der Waals surface area (Å²) in [5.74, 6) is 0. The Morgan fingerprint density at radius 3 is 2.29 bits per heavy atom. The second-order valence-electron chi connectivity index (χ2n) is 7.11. The number of benzene rings is 1. The fourth-order valence-corrected chi connectivity index (χ4v) is 5.19. The standard InChI is InChI=1S/C19H23N3O5S/c1-11-9-13(3)18(17-16(11)12(2)10-15(23)27-17)28(25,26)22(19(20)24)21-14-7-5-4-6-8-14/h9-10H,4-8H2,1-3H3,(H2,20,24). The molecule has 0 unspecified atom stereocenters. The van der Waals surface area contributed by atoms with Crippen molar-refractivity contribution >= 4 is 32.7 Å². The highest BCUT2D eigenvalue weighted by atomic mass is 32.2. The zero-order valence-electron chi connectivity index (χ0n) is 16.1. The van der Waals surface area contributed by atoms with Gasteiger partial charge in [-0.25, -0.2) is 9.59 Å². The van der Waals surface area contributed by atoms with Crippen LogP contribution in [0.15, 0.2) is 31.3 Å². The third-order valence-corrected chi connectivity index (χ3v) is 6.63. The van der Waals surface area contributed by atoms with Gasteiger partial charge in [-0.05, 0) is 63.1 Å². The van der Waals surface area contributed by atoms with Gasteiger partial charge in [-0.1, -0.05) is 16.9 Å². The van der Waals surface area contributed by atoms with Gasteiger partial charge in [0.05, 0.1) is 0 Å². The number of hydrogen-bond acceptors (Lipinski definition) is 6. The summed E-state index contributed by atoms with van der Waals surface area (Å²) in [5.41, 5.74) is 6.91. The second-order valence-corrected chi connectivity index (χ2v) is 8.81. The van der Waals surface area contributed by atoms with Crippen molar-refractivity contribution in [3.05, 3.63) is 39.2 Å². The van der Waals surface area contributed by atoms with E-state index in [1.807, 2.05) is 0 Å². The maximum absolute atomic E-state index is 13.4. The average molecular weight is 405 g/mol. The van der Waals surface area contributed by atoms with Crippen LogP contribution in [0.2, 0.25) is 0 Å². The van der Waals surface area contributed by atoms with Crippen molar-refractivity contribution in [1.29, 1.82) is 0 Å². The van der Waals surface area contributed by atoms with E-state index in [0.29, 0.717) is 39.5 Å². The van der Waals surface area contributed by atoms with Crippen LogP contribution in [0.3, 0.4) is 0 Å². The van der Waals surface area contributed by atoms with Crippen molar-refractivity contribution in [1.82, 2.24) is 4.41 Å². The van der Waals surface area contributed by atoms with Crippen molar-refractivity contribution in [2.45, 2.75) is 57.8 Å². The van der Waals surface area contributed by atoms with Gasteiger partial charge in [0.25, 0.3) is 10.0 Å². The number of amides is 2. The third kappa shape index (κ3) is 3.54. The van der Waals surface area contributed by atoms with Crippen LogP contribution in [-0.4, -0.2) is 24.6 Å². The third-order valence-electron chi connectivity index (χ3n) is 4.89. The summed E-state index contributed by atoms with van der Waals surface area (Å²) in [5, 5.41) is 4.58. The number of rotatable bonds is 3. The molecule has 1 aliphatic carbocycles. The number of fused-ring (bicyclic) bond motifs is 1. The lowest BCUT2D eigenvalue weighted by molar-refractivity contribution is 0.233. The van der Waals surface area contributed by atoms with Crippen LogP contribution >= 0.6 is 0 Å². The van der Waals surface area contributed by atoms with Gasteiger partial charge in [0.1, 0.15) is 4.90 Å². The highest BCUT2D eigenvalue weighted by Crippen LogP contribution is 2.33. The topological polar surface area (TPSA) is 123 Å². The van der Waals surface area contributed by atoms with E-state index in [1.54, 1.807) is 26.8 Å². The van der Waals surface area contributed by atoms with E-state index >= 15 is 0 Å². The molecule has 0 radical (unpaired) electrons. The van der Waals surface area contributed by atoms with Crippen LogP contribution in [0.5, 0.6) is 0 Å². The number of aryl methyl sites for hydroxylation is 3. The first-order valence-corrected chi connectivity index (χ1v) is 10.5. The minimum atomic E-state index is -4.47. The Morgan fingerprint density at radius 2 is 1.68 bits per heavy atom. The Kier molecular flexibility index (Phi) is 5.29. The van der Waals surface area contributed by atoms with Gasteiger partial charge in [0, 0.05) is 17.2 Å². The summed E-state index contributed by atoms with van der Waals surface area (Å²) < 4.78 is 32.4. The molecule has 1 saturated carbocycles. The van der Waals surface area contributed by atoms with Crippen LogP contribution in [0.1, 0.15) is 48.8 Å². The quantitative estimate of drug-likeness (QED) is 0.621. The summed E-state index contributed by atoms with van der Waals surface area (Å²) in [6.45, 7) is 5.08. The van der Waals surface area contributed by atoms with E-state index in [0.717, 1.165) is 24.8 Å². The molecule has 1 aromatic carbocycles. The van der Waals surface area contributed by atoms with Gasteiger partial charge >= 0.3 is 11.7 Å². The number of nitrogens with two attached hydrogens (primary N) is 1. The summed E-state index contributed by atoms with van der Waals surface area (Å²) >= 11 is 0. The van der Waals surface area contributed by atoms with Crippen molar-refractivity contribution in [3.63, 3.8) is 0 Å². The SMILES string of the molecule is Cc1cc(C)c2c(C)cc(=O)oc2c1S(=O)(=O)N(N=C1CCCCC1)C(N)=O. The van der Waals surface area contributed by atoms with Gasteiger partial charge in [-0.15, -0.1) is 0 Å². The highest BCUT2D eigenvalue weighted by molar-refractivity contribution is 7.89. The van der Waals surface area contributed by atoms with Crippen LogP contribution in [0, 0.1) is 20.8 Å². The van der Waals surface area contributed by atoms with Crippen LogP contribution in [0.25, 0.3) is 11.0 Å². The fraction of sp³-hybridized carbons (Fsp3) is 0.421. The minimum absolute atomic E-state index is 0.0856. The first-order chi connectivity index (χ1) is 13.1. The molecule has 2 aromatic rings. The largest absolute Gasteiger partial charge is 0.421 e. The van der Waals surface area contributed by atoms with Gasteiger partial charge in [-0.2, -0.15) is 13.5 Å². The van der Waals surface area contributed by atoms with Crippen molar-refractivity contribution in [3.8, 4) is 0 Å². The van der Waals surface area contributed by atoms with E-state index < -0.39 is 21.7 Å². The maximum Gasteiger partial charge on any atom is 0.350 e. The molecule has 0 bridgehead atoms. The smallest absolute Gasteiger partial charge is 0.350 e. The predicted octanol–water partition coefficient (Wildman–Crippen LogP) is 3.11. The van der Waals surface area contributed by atoms with Crippen LogP contribution in [-0.2, 0) is 10.0 Å². The van der Waals surface area contributed by atoms with Gasteiger partial charge in [0.2, 0.25) is 0 Å². The molecule has 2 N–H and O–H groups in total. The number of primary amides is 1. The zero-order chi connectivity index (χ0) is 20.6. The maximum atomic E-state index is 13.4. The molecule has 0 spiro atoms. The van der Waals surface area contributed by atoms with E-state index in [1.165, 1.54) is 6.07 Å². The number of hydrogen-bond donors (Lipinski definition) is 1. The number of carbonyl (C=O) groups is 1. The number of urea groups is 1. The van der Waals surface area contributed by atoms with E-state index in [-0.39, 0.29) is 10.5 Å². The molecular formula is C19H23N3O5S. The second kappa shape index (κ2) is 7.38. The summed E-state index contributed by atoms with van der Waals surface area (Å²) in [6, 6.07) is 1.77. The number of sulfonamides is 1. The Labute approximate surface area is 163 Å². The number of nitrogens with zero attached hydrogens (tertiary/aromatic N) is 2. The van der Waals surface area contributed by atoms with E-state index in [9.17, 15) is 18.0 Å².